The maximum absolute atomic E-state index is 4.82. The van der Waals surface area contributed by atoms with Crippen LogP contribution in [0.3, 0.4) is 0 Å². The van der Waals surface area contributed by atoms with Crippen LogP contribution in [0.1, 0.15) is 31.2 Å². The molecule has 0 saturated heterocycles. The van der Waals surface area contributed by atoms with Crippen LogP contribution in [0.4, 0.5) is 0 Å². The molecule has 2 heteroatoms. The van der Waals surface area contributed by atoms with Crippen LogP contribution in [0, 0.1) is 0 Å². The summed E-state index contributed by atoms with van der Waals surface area (Å²) in [6, 6.07) is 18.9. The number of aromatic nitrogens is 2. The molecule has 1 heterocycles. The van der Waals surface area contributed by atoms with Gasteiger partial charge in [0, 0.05) is 12.5 Å². The third-order valence-electron chi connectivity index (χ3n) is 3.69. The molecule has 3 aromatic rings. The van der Waals surface area contributed by atoms with E-state index in [1.54, 1.807) is 0 Å². The SMILES string of the molecule is CCn1c(C(C)c2ccccc2)nc2ccccc21. The van der Waals surface area contributed by atoms with E-state index in [0.29, 0.717) is 5.92 Å². The molecule has 0 aliphatic rings. The lowest BCUT2D eigenvalue weighted by molar-refractivity contribution is 0.685. The second-order valence-electron chi connectivity index (χ2n) is 4.84. The number of benzene rings is 2. The van der Waals surface area contributed by atoms with Crippen molar-refractivity contribution in [1.82, 2.24) is 9.55 Å². The maximum atomic E-state index is 4.82. The van der Waals surface area contributed by atoms with Crippen LogP contribution in [0.2, 0.25) is 0 Å². The minimum atomic E-state index is 0.313. The molecule has 3 rings (SSSR count). The Morgan fingerprint density at radius 2 is 1.68 bits per heavy atom. The Morgan fingerprint density at radius 1 is 1.00 bits per heavy atom. The summed E-state index contributed by atoms with van der Waals surface area (Å²) >= 11 is 0. The zero-order valence-electron chi connectivity index (χ0n) is 11.4. The van der Waals surface area contributed by atoms with Gasteiger partial charge in [-0.2, -0.15) is 0 Å². The first-order valence-electron chi connectivity index (χ1n) is 6.81. The number of para-hydroxylation sites is 2. The van der Waals surface area contributed by atoms with Gasteiger partial charge >= 0.3 is 0 Å². The second-order valence-corrected chi connectivity index (χ2v) is 4.84. The number of imidazole rings is 1. The lowest BCUT2D eigenvalue weighted by Gasteiger charge is -2.13. The number of aryl methyl sites for hydroxylation is 1. The van der Waals surface area contributed by atoms with Crippen molar-refractivity contribution in [2.45, 2.75) is 26.3 Å². The molecule has 0 N–H and O–H groups in total. The van der Waals surface area contributed by atoms with Gasteiger partial charge in [-0.1, -0.05) is 49.4 Å². The molecule has 0 radical (unpaired) electrons. The molecule has 0 fully saturated rings. The summed E-state index contributed by atoms with van der Waals surface area (Å²) in [7, 11) is 0. The zero-order valence-corrected chi connectivity index (χ0v) is 11.4. The fraction of sp³-hybridized carbons (Fsp3) is 0.235. The minimum absolute atomic E-state index is 0.313. The molecule has 0 amide bonds. The quantitative estimate of drug-likeness (QED) is 0.681. The van der Waals surface area contributed by atoms with Crippen molar-refractivity contribution in [3.63, 3.8) is 0 Å². The first kappa shape index (κ1) is 12.0. The Morgan fingerprint density at radius 3 is 2.42 bits per heavy atom. The van der Waals surface area contributed by atoms with Crippen LogP contribution in [0.25, 0.3) is 11.0 Å². The summed E-state index contributed by atoms with van der Waals surface area (Å²) < 4.78 is 2.31. The average molecular weight is 250 g/mol. The van der Waals surface area contributed by atoms with E-state index in [4.69, 9.17) is 4.98 Å². The summed E-state index contributed by atoms with van der Waals surface area (Å²) in [6.45, 7) is 5.35. The molecule has 1 atom stereocenters. The van der Waals surface area contributed by atoms with Crippen LogP contribution in [-0.4, -0.2) is 9.55 Å². The van der Waals surface area contributed by atoms with E-state index < -0.39 is 0 Å². The predicted molar refractivity (Wildman–Crippen MR) is 79.4 cm³/mol. The first-order valence-corrected chi connectivity index (χ1v) is 6.81. The highest BCUT2D eigenvalue weighted by Crippen LogP contribution is 2.26. The fourth-order valence-electron chi connectivity index (χ4n) is 2.65. The second kappa shape index (κ2) is 4.88. The molecule has 2 aromatic carbocycles. The van der Waals surface area contributed by atoms with Gasteiger partial charge in [0.25, 0.3) is 0 Å². The molecule has 1 aromatic heterocycles. The highest BCUT2D eigenvalue weighted by atomic mass is 15.1. The molecule has 96 valence electrons. The van der Waals surface area contributed by atoms with Gasteiger partial charge < -0.3 is 4.57 Å². The van der Waals surface area contributed by atoms with Gasteiger partial charge in [0.2, 0.25) is 0 Å². The van der Waals surface area contributed by atoms with Gasteiger partial charge in [0.15, 0.2) is 0 Å². The van der Waals surface area contributed by atoms with Crippen molar-refractivity contribution in [3.8, 4) is 0 Å². The lowest BCUT2D eigenvalue weighted by atomic mass is 10.0. The van der Waals surface area contributed by atoms with Crippen LogP contribution in [0.5, 0.6) is 0 Å². The molecule has 0 bridgehead atoms. The zero-order chi connectivity index (χ0) is 13.2. The largest absolute Gasteiger partial charge is 0.328 e. The smallest absolute Gasteiger partial charge is 0.117 e. The van der Waals surface area contributed by atoms with Gasteiger partial charge in [-0.05, 0) is 24.6 Å². The number of fused-ring (bicyclic) bond motifs is 1. The van der Waals surface area contributed by atoms with Crippen molar-refractivity contribution in [3.05, 3.63) is 66.0 Å². The van der Waals surface area contributed by atoms with Gasteiger partial charge in [-0.3, -0.25) is 0 Å². The Hall–Kier alpha value is -2.09. The summed E-state index contributed by atoms with van der Waals surface area (Å²) in [5.74, 6) is 1.46. The molecular formula is C17H18N2. The van der Waals surface area contributed by atoms with Crippen molar-refractivity contribution in [1.29, 1.82) is 0 Å². The summed E-state index contributed by atoms with van der Waals surface area (Å²) in [5.41, 5.74) is 3.62. The number of hydrogen-bond donors (Lipinski definition) is 0. The Bertz CT molecular complexity index is 683. The average Bonchev–Trinajstić information content (AvgIpc) is 2.85. The summed E-state index contributed by atoms with van der Waals surface area (Å²) in [6.07, 6.45) is 0. The first-order chi connectivity index (χ1) is 9.31. The molecule has 0 aliphatic heterocycles. The van der Waals surface area contributed by atoms with Crippen molar-refractivity contribution >= 4 is 11.0 Å². The Labute approximate surface area is 113 Å². The highest BCUT2D eigenvalue weighted by Gasteiger charge is 2.16. The van der Waals surface area contributed by atoms with Crippen LogP contribution >= 0.6 is 0 Å². The van der Waals surface area contributed by atoms with Gasteiger partial charge in [0.05, 0.1) is 11.0 Å². The Kier molecular flexibility index (Phi) is 3.08. The Balaban J connectivity index is 2.14. The maximum Gasteiger partial charge on any atom is 0.117 e. The lowest BCUT2D eigenvalue weighted by Crippen LogP contribution is -2.06. The number of rotatable bonds is 3. The van der Waals surface area contributed by atoms with Gasteiger partial charge in [-0.25, -0.2) is 4.98 Å². The predicted octanol–water partition coefficient (Wildman–Crippen LogP) is 4.21. The number of nitrogens with zero attached hydrogens (tertiary/aromatic N) is 2. The van der Waals surface area contributed by atoms with Crippen LogP contribution in [-0.2, 0) is 6.54 Å². The third kappa shape index (κ3) is 2.03. The van der Waals surface area contributed by atoms with Crippen LogP contribution < -0.4 is 0 Å². The van der Waals surface area contributed by atoms with E-state index in [-0.39, 0.29) is 0 Å². The minimum Gasteiger partial charge on any atom is -0.328 e. The molecule has 0 aliphatic carbocycles. The van der Waals surface area contributed by atoms with Gasteiger partial charge in [-0.15, -0.1) is 0 Å². The molecule has 2 nitrogen and oxygen atoms in total. The fourth-order valence-corrected chi connectivity index (χ4v) is 2.65. The van der Waals surface area contributed by atoms with Crippen molar-refractivity contribution in [2.75, 3.05) is 0 Å². The van der Waals surface area contributed by atoms with E-state index in [9.17, 15) is 0 Å². The van der Waals surface area contributed by atoms with E-state index in [2.05, 4.69) is 66.9 Å². The van der Waals surface area contributed by atoms with Gasteiger partial charge in [0.1, 0.15) is 5.82 Å². The molecular weight excluding hydrogens is 232 g/mol. The highest BCUT2D eigenvalue weighted by molar-refractivity contribution is 5.76. The van der Waals surface area contributed by atoms with E-state index in [1.165, 1.54) is 11.1 Å². The van der Waals surface area contributed by atoms with Crippen molar-refractivity contribution < 1.29 is 0 Å². The molecule has 1 unspecified atom stereocenters. The number of hydrogen-bond acceptors (Lipinski definition) is 1. The van der Waals surface area contributed by atoms with Crippen molar-refractivity contribution in [2.24, 2.45) is 0 Å². The molecule has 0 spiro atoms. The van der Waals surface area contributed by atoms with Crippen LogP contribution in [0.15, 0.2) is 54.6 Å². The monoisotopic (exact) mass is 250 g/mol. The summed E-state index contributed by atoms with van der Waals surface area (Å²) in [4.78, 5) is 4.82. The van der Waals surface area contributed by atoms with E-state index in [0.717, 1.165) is 17.9 Å². The van der Waals surface area contributed by atoms with E-state index >= 15 is 0 Å². The summed E-state index contributed by atoms with van der Waals surface area (Å²) in [5, 5.41) is 0. The topological polar surface area (TPSA) is 17.8 Å². The van der Waals surface area contributed by atoms with E-state index in [1.807, 2.05) is 6.07 Å². The standard InChI is InChI=1S/C17H18N2/c1-3-19-16-12-8-7-11-15(16)18-17(19)13(2)14-9-5-4-6-10-14/h4-13H,3H2,1-2H3. The molecule has 19 heavy (non-hydrogen) atoms. The normalized spacial score (nSPS) is 12.7. The third-order valence-corrected chi connectivity index (χ3v) is 3.69. The molecule has 0 saturated carbocycles.